The highest BCUT2D eigenvalue weighted by Gasteiger charge is 2.27. The van der Waals surface area contributed by atoms with E-state index in [2.05, 4.69) is 26.2 Å². The molecule has 2 aliphatic rings. The van der Waals surface area contributed by atoms with Gasteiger partial charge in [-0.15, -0.1) is 17.8 Å². The third-order valence-electron chi connectivity index (χ3n) is 9.32. The Kier molecular flexibility index (Phi) is 10.4. The van der Waals surface area contributed by atoms with Crippen molar-refractivity contribution in [3.8, 4) is 29.6 Å². The zero-order valence-corrected chi connectivity index (χ0v) is 28.6. The van der Waals surface area contributed by atoms with Gasteiger partial charge in [-0.25, -0.2) is 18.2 Å². The minimum Gasteiger partial charge on any atom is -0.463 e. The van der Waals surface area contributed by atoms with Gasteiger partial charge >= 0.3 is 6.01 Å². The van der Waals surface area contributed by atoms with Gasteiger partial charge in [-0.1, -0.05) is 36.3 Å². The van der Waals surface area contributed by atoms with Crippen molar-refractivity contribution in [2.24, 2.45) is 5.92 Å². The average molecular weight is 712 g/mol. The fraction of sp³-hybridized carbons (Fsp3) is 0.342. The molecule has 0 saturated carbocycles. The molecular formula is C38H36F3N7O2S. The summed E-state index contributed by atoms with van der Waals surface area (Å²) < 4.78 is 52.4. The van der Waals surface area contributed by atoms with Crippen molar-refractivity contribution in [2.45, 2.75) is 31.9 Å². The van der Waals surface area contributed by atoms with Crippen LogP contribution in [0.3, 0.4) is 0 Å². The number of rotatable bonds is 7. The molecular weight excluding hydrogens is 676 g/mol. The first-order valence-electron chi connectivity index (χ1n) is 17.0. The van der Waals surface area contributed by atoms with Gasteiger partial charge in [0, 0.05) is 73.1 Å². The Labute approximate surface area is 297 Å². The van der Waals surface area contributed by atoms with E-state index in [-0.39, 0.29) is 36.3 Å². The number of aromatic nitrogens is 4. The van der Waals surface area contributed by atoms with Crippen LogP contribution in [0.15, 0.2) is 60.0 Å². The van der Waals surface area contributed by atoms with Crippen molar-refractivity contribution in [2.75, 3.05) is 50.8 Å². The molecule has 0 radical (unpaired) electrons. The smallest absolute Gasteiger partial charge is 0.319 e. The van der Waals surface area contributed by atoms with Crippen LogP contribution >= 0.6 is 11.3 Å². The van der Waals surface area contributed by atoms with E-state index in [4.69, 9.17) is 16.1 Å². The standard InChI is InChI=1S/C38H36F3N7O2S/c1-2-25-8-3-9-26-10-4-11-28(32(25)26)34-33(41)35-29(22-44-34)36(46-38(45-35)50-23-24-7-5-12-42-21-27(39)19-24)47-14-6-15-48(17-16-47)37(49)30(40)20-31-43-13-18-51-31/h1,3-4,8-11,13,18,20,22,24,27,42H,5-7,12,14-17,19,21,23H2/b30-20-/t24-,27-/m1/s1. The number of hydrogen-bond acceptors (Lipinski definition) is 9. The lowest BCUT2D eigenvalue weighted by Gasteiger charge is -2.25. The number of terminal acetylenes is 1. The first-order valence-corrected chi connectivity index (χ1v) is 17.9. The molecule has 2 atom stereocenters. The van der Waals surface area contributed by atoms with Gasteiger partial charge in [0.1, 0.15) is 28.2 Å². The van der Waals surface area contributed by atoms with Crippen LogP contribution in [0.5, 0.6) is 6.01 Å². The largest absolute Gasteiger partial charge is 0.463 e. The molecule has 51 heavy (non-hydrogen) atoms. The lowest BCUT2D eigenvalue weighted by Crippen LogP contribution is -2.35. The summed E-state index contributed by atoms with van der Waals surface area (Å²) in [6.45, 7) is 2.45. The minimum atomic E-state index is -1.00. The quantitative estimate of drug-likeness (QED) is 0.150. The number of amides is 1. The van der Waals surface area contributed by atoms with Crippen LogP contribution in [0.4, 0.5) is 19.0 Å². The van der Waals surface area contributed by atoms with Crippen LogP contribution in [-0.2, 0) is 4.79 Å². The lowest BCUT2D eigenvalue weighted by atomic mass is 9.96. The number of ether oxygens (including phenoxy) is 1. The van der Waals surface area contributed by atoms with Gasteiger partial charge in [-0.3, -0.25) is 9.78 Å². The van der Waals surface area contributed by atoms with Crippen LogP contribution in [-0.4, -0.2) is 82.8 Å². The fourth-order valence-corrected chi connectivity index (χ4v) is 7.37. The summed E-state index contributed by atoms with van der Waals surface area (Å²) in [5.41, 5.74) is 1.22. The van der Waals surface area contributed by atoms with Gasteiger partial charge in [-0.05, 0) is 49.6 Å². The lowest BCUT2D eigenvalue weighted by molar-refractivity contribution is -0.128. The Morgan fingerprint density at radius 3 is 2.80 bits per heavy atom. The van der Waals surface area contributed by atoms with Gasteiger partial charge in [0.2, 0.25) is 0 Å². The van der Waals surface area contributed by atoms with Crippen molar-refractivity contribution in [1.82, 2.24) is 30.2 Å². The van der Waals surface area contributed by atoms with Crippen molar-refractivity contribution in [1.29, 1.82) is 0 Å². The van der Waals surface area contributed by atoms with Crippen molar-refractivity contribution < 1.29 is 22.7 Å². The Morgan fingerprint density at radius 1 is 1.12 bits per heavy atom. The minimum absolute atomic E-state index is 0.00929. The van der Waals surface area contributed by atoms with E-state index < -0.39 is 23.7 Å². The highest BCUT2D eigenvalue weighted by atomic mass is 32.1. The molecule has 1 amide bonds. The summed E-state index contributed by atoms with van der Waals surface area (Å²) in [5.74, 6) is 0.750. The van der Waals surface area contributed by atoms with Crippen LogP contribution in [0.25, 0.3) is 39.0 Å². The number of hydrogen-bond donors (Lipinski definition) is 1. The number of anilines is 1. The Hall–Kier alpha value is -5.06. The maximum atomic E-state index is 16.8. The SMILES string of the molecule is C#Cc1cccc2cccc(-c3ncc4c(N5CCCN(C(=O)/C(F)=C/c6nccs6)CC5)nc(OC[C@@H]5CCCNC[C@H](F)C5)nc4c3F)c12. The van der Waals surface area contributed by atoms with Gasteiger partial charge in [0.05, 0.1) is 12.0 Å². The zero-order valence-electron chi connectivity index (χ0n) is 27.8. The molecule has 0 spiro atoms. The number of benzene rings is 2. The molecule has 2 saturated heterocycles. The molecule has 7 rings (SSSR count). The normalized spacial score (nSPS) is 19.0. The number of thiazole rings is 1. The molecule has 0 aliphatic carbocycles. The monoisotopic (exact) mass is 711 g/mol. The average Bonchev–Trinajstić information content (AvgIpc) is 3.53. The van der Waals surface area contributed by atoms with E-state index in [0.29, 0.717) is 71.7 Å². The highest BCUT2D eigenvalue weighted by Crippen LogP contribution is 2.36. The van der Waals surface area contributed by atoms with Gasteiger partial charge < -0.3 is 19.9 Å². The van der Waals surface area contributed by atoms with Crippen LogP contribution in [0.2, 0.25) is 0 Å². The molecule has 0 unspecified atom stereocenters. The number of carbonyl (C=O) groups excluding carboxylic acids is 1. The molecule has 262 valence electrons. The summed E-state index contributed by atoms with van der Waals surface area (Å²) in [5, 5.41) is 7.13. The second kappa shape index (κ2) is 15.4. The summed E-state index contributed by atoms with van der Waals surface area (Å²) in [6.07, 6.45) is 11.5. The van der Waals surface area contributed by atoms with Crippen molar-refractivity contribution >= 4 is 50.8 Å². The number of fused-ring (bicyclic) bond motifs is 2. The first kappa shape index (κ1) is 34.4. The zero-order chi connectivity index (χ0) is 35.3. The van der Waals surface area contributed by atoms with E-state index >= 15 is 4.39 Å². The molecule has 0 bridgehead atoms. The van der Waals surface area contributed by atoms with E-state index in [1.165, 1.54) is 16.2 Å². The predicted octanol–water partition coefficient (Wildman–Crippen LogP) is 6.58. The third-order valence-corrected chi connectivity index (χ3v) is 10.0. The predicted molar refractivity (Wildman–Crippen MR) is 193 cm³/mol. The third kappa shape index (κ3) is 7.52. The molecule has 3 aromatic heterocycles. The second-order valence-electron chi connectivity index (χ2n) is 12.7. The highest BCUT2D eigenvalue weighted by molar-refractivity contribution is 7.10. The summed E-state index contributed by atoms with van der Waals surface area (Å²) in [7, 11) is 0. The van der Waals surface area contributed by atoms with Crippen LogP contribution in [0, 0.1) is 24.1 Å². The number of nitrogens with one attached hydrogen (secondary N) is 1. The maximum absolute atomic E-state index is 16.8. The van der Waals surface area contributed by atoms with E-state index in [9.17, 15) is 13.6 Å². The van der Waals surface area contributed by atoms with E-state index in [0.717, 1.165) is 30.8 Å². The number of nitrogens with zero attached hydrogens (tertiary/aromatic N) is 6. The first-order chi connectivity index (χ1) is 24.9. The van der Waals surface area contributed by atoms with E-state index in [1.54, 1.807) is 29.9 Å². The molecule has 13 heteroatoms. The summed E-state index contributed by atoms with van der Waals surface area (Å²) in [6, 6.07) is 11.0. The Bertz CT molecular complexity index is 2120. The van der Waals surface area contributed by atoms with Crippen molar-refractivity contribution in [3.05, 3.63) is 76.4 Å². The Morgan fingerprint density at radius 2 is 1.98 bits per heavy atom. The van der Waals surface area contributed by atoms with Crippen molar-refractivity contribution in [3.63, 3.8) is 0 Å². The van der Waals surface area contributed by atoms with Crippen LogP contribution < -0.4 is 15.0 Å². The molecule has 2 fully saturated rings. The fourth-order valence-electron chi connectivity index (χ4n) is 6.81. The molecule has 2 aromatic carbocycles. The van der Waals surface area contributed by atoms with Gasteiger partial charge in [-0.2, -0.15) is 9.97 Å². The summed E-state index contributed by atoms with van der Waals surface area (Å²) >= 11 is 1.24. The number of alkyl halides is 1. The van der Waals surface area contributed by atoms with Gasteiger partial charge in [0.25, 0.3) is 5.91 Å². The summed E-state index contributed by atoms with van der Waals surface area (Å²) in [4.78, 5) is 34.3. The molecule has 5 heterocycles. The molecule has 5 aromatic rings. The Balaban J connectivity index is 1.25. The topological polar surface area (TPSA) is 96.4 Å². The molecule has 2 aliphatic heterocycles. The van der Waals surface area contributed by atoms with Crippen LogP contribution in [0.1, 0.15) is 36.3 Å². The second-order valence-corrected chi connectivity index (χ2v) is 13.6. The van der Waals surface area contributed by atoms with E-state index in [1.807, 2.05) is 29.2 Å². The van der Waals surface area contributed by atoms with Gasteiger partial charge in [0.15, 0.2) is 11.6 Å². The molecule has 1 N–H and O–H groups in total. The maximum Gasteiger partial charge on any atom is 0.319 e. The molecule has 9 nitrogen and oxygen atoms in total. The number of halogens is 3. The number of pyridine rings is 1. The number of carbonyl (C=O) groups is 1.